The van der Waals surface area contributed by atoms with Crippen LogP contribution in [-0.2, 0) is 6.54 Å². The number of methoxy groups -OCH3 is 1. The fourth-order valence-corrected chi connectivity index (χ4v) is 3.34. The van der Waals surface area contributed by atoms with Crippen molar-refractivity contribution in [2.45, 2.75) is 45.2 Å². The molecular weight excluding hydrogens is 323 g/mol. The summed E-state index contributed by atoms with van der Waals surface area (Å²) in [6, 6.07) is 4.21. The Morgan fingerprint density at radius 2 is 2.24 bits per heavy atom. The Morgan fingerprint density at radius 1 is 1.40 bits per heavy atom. The summed E-state index contributed by atoms with van der Waals surface area (Å²) in [5.74, 6) is 0.228. The van der Waals surface area contributed by atoms with Crippen LogP contribution in [0.4, 0.5) is 4.39 Å². The number of aromatic nitrogens is 3. The van der Waals surface area contributed by atoms with E-state index in [4.69, 9.17) is 4.74 Å². The van der Waals surface area contributed by atoms with E-state index in [1.807, 2.05) is 4.57 Å². The number of halogens is 1. The first-order valence-electron chi connectivity index (χ1n) is 8.68. The number of carbonyl (C=O) groups is 1. The van der Waals surface area contributed by atoms with Gasteiger partial charge in [-0.25, -0.2) is 4.39 Å². The largest absolute Gasteiger partial charge is 0.494 e. The topological polar surface area (TPSA) is 60.2 Å². The predicted octanol–water partition coefficient (Wildman–Crippen LogP) is 3.20. The number of rotatable bonds is 5. The summed E-state index contributed by atoms with van der Waals surface area (Å²) in [4.78, 5) is 14.8. The van der Waals surface area contributed by atoms with Crippen LogP contribution >= 0.6 is 0 Å². The molecule has 1 aliphatic heterocycles. The van der Waals surface area contributed by atoms with Gasteiger partial charge in [-0.2, -0.15) is 0 Å². The second-order valence-electron chi connectivity index (χ2n) is 6.24. The lowest BCUT2D eigenvalue weighted by atomic mass is 10.00. The molecule has 0 saturated carbocycles. The molecule has 1 fully saturated rings. The van der Waals surface area contributed by atoms with Gasteiger partial charge in [0.15, 0.2) is 17.4 Å². The third-order valence-electron chi connectivity index (χ3n) is 4.57. The van der Waals surface area contributed by atoms with Crippen molar-refractivity contribution < 1.29 is 13.9 Å². The molecule has 2 heterocycles. The first kappa shape index (κ1) is 17.4. The number of benzene rings is 1. The number of likely N-dealkylation sites (tertiary alicyclic amines) is 1. The Bertz CT molecular complexity index is 746. The molecule has 1 aromatic carbocycles. The van der Waals surface area contributed by atoms with Crippen LogP contribution in [0.1, 0.15) is 54.8 Å². The summed E-state index contributed by atoms with van der Waals surface area (Å²) in [6.45, 7) is 3.54. The zero-order chi connectivity index (χ0) is 17.8. The summed E-state index contributed by atoms with van der Waals surface area (Å²) < 4.78 is 20.9. The second kappa shape index (κ2) is 7.63. The van der Waals surface area contributed by atoms with Crippen molar-refractivity contribution in [2.75, 3.05) is 13.7 Å². The highest BCUT2D eigenvalue weighted by atomic mass is 19.1. The van der Waals surface area contributed by atoms with Gasteiger partial charge in [-0.15, -0.1) is 10.2 Å². The molecular formula is C18H23FN4O2. The highest BCUT2D eigenvalue weighted by Crippen LogP contribution is 2.31. The molecule has 2 aromatic rings. The molecule has 0 radical (unpaired) electrons. The van der Waals surface area contributed by atoms with Crippen LogP contribution in [0.3, 0.4) is 0 Å². The normalized spacial score (nSPS) is 17.6. The number of amides is 1. The monoisotopic (exact) mass is 346 g/mol. The Morgan fingerprint density at radius 3 is 2.96 bits per heavy atom. The van der Waals surface area contributed by atoms with E-state index in [-0.39, 0.29) is 17.7 Å². The van der Waals surface area contributed by atoms with Crippen LogP contribution in [-0.4, -0.2) is 39.2 Å². The molecule has 134 valence electrons. The maximum absolute atomic E-state index is 14.0. The van der Waals surface area contributed by atoms with E-state index in [1.165, 1.54) is 19.2 Å². The molecule has 0 bridgehead atoms. The van der Waals surface area contributed by atoms with Crippen molar-refractivity contribution in [3.8, 4) is 5.75 Å². The summed E-state index contributed by atoms with van der Waals surface area (Å²) in [7, 11) is 1.40. The molecule has 1 saturated heterocycles. The van der Waals surface area contributed by atoms with Gasteiger partial charge in [-0.1, -0.05) is 6.92 Å². The first-order chi connectivity index (χ1) is 12.2. The number of ether oxygens (including phenoxy) is 1. The maximum atomic E-state index is 14.0. The van der Waals surface area contributed by atoms with Crippen molar-refractivity contribution in [3.05, 3.63) is 41.7 Å². The van der Waals surface area contributed by atoms with Gasteiger partial charge >= 0.3 is 0 Å². The standard InChI is InChI=1S/C18H23FN4O2/c1-3-9-22-12-20-21-17(22)15-6-4-5-10-23(15)18(24)13-7-8-16(25-2)14(19)11-13/h7-8,11-12,15H,3-6,9-10H2,1-2H3. The van der Waals surface area contributed by atoms with Gasteiger partial charge in [-0.05, 0) is 43.9 Å². The zero-order valence-corrected chi connectivity index (χ0v) is 14.6. The highest BCUT2D eigenvalue weighted by Gasteiger charge is 2.32. The summed E-state index contributed by atoms with van der Waals surface area (Å²) in [5, 5.41) is 8.27. The molecule has 0 spiro atoms. The number of aryl methyl sites for hydroxylation is 1. The molecule has 0 aliphatic carbocycles. The van der Waals surface area contributed by atoms with Gasteiger partial charge in [0, 0.05) is 18.7 Å². The third-order valence-corrected chi connectivity index (χ3v) is 4.57. The van der Waals surface area contributed by atoms with Gasteiger partial charge < -0.3 is 14.2 Å². The van der Waals surface area contributed by atoms with Crippen molar-refractivity contribution >= 4 is 5.91 Å². The van der Waals surface area contributed by atoms with Crippen molar-refractivity contribution in [1.29, 1.82) is 0 Å². The van der Waals surface area contributed by atoms with Gasteiger partial charge in [-0.3, -0.25) is 4.79 Å². The fourth-order valence-electron chi connectivity index (χ4n) is 3.34. The Kier molecular flexibility index (Phi) is 5.31. The number of hydrogen-bond acceptors (Lipinski definition) is 4. The molecule has 6 nitrogen and oxygen atoms in total. The Hall–Kier alpha value is -2.44. The molecule has 1 atom stereocenters. The molecule has 3 rings (SSSR count). The minimum atomic E-state index is -0.531. The molecule has 1 amide bonds. The molecule has 25 heavy (non-hydrogen) atoms. The Balaban J connectivity index is 1.89. The van der Waals surface area contributed by atoms with Crippen molar-refractivity contribution in [1.82, 2.24) is 19.7 Å². The number of nitrogens with zero attached hydrogens (tertiary/aromatic N) is 4. The minimum Gasteiger partial charge on any atom is -0.494 e. The average Bonchev–Trinajstić information content (AvgIpc) is 3.09. The highest BCUT2D eigenvalue weighted by molar-refractivity contribution is 5.94. The molecule has 1 aromatic heterocycles. The van der Waals surface area contributed by atoms with Gasteiger partial charge in [0.05, 0.1) is 13.2 Å². The lowest BCUT2D eigenvalue weighted by molar-refractivity contribution is 0.0594. The van der Waals surface area contributed by atoms with Crippen molar-refractivity contribution in [2.24, 2.45) is 0 Å². The lowest BCUT2D eigenvalue weighted by Crippen LogP contribution is -2.39. The Labute approximate surface area is 146 Å². The van der Waals surface area contributed by atoms with E-state index in [1.54, 1.807) is 17.3 Å². The van der Waals surface area contributed by atoms with E-state index >= 15 is 0 Å². The van der Waals surface area contributed by atoms with E-state index in [2.05, 4.69) is 17.1 Å². The third kappa shape index (κ3) is 3.50. The van der Waals surface area contributed by atoms with Crippen LogP contribution in [0.15, 0.2) is 24.5 Å². The van der Waals surface area contributed by atoms with Crippen molar-refractivity contribution in [3.63, 3.8) is 0 Å². The first-order valence-corrected chi connectivity index (χ1v) is 8.68. The van der Waals surface area contributed by atoms with Crippen LogP contribution in [0.25, 0.3) is 0 Å². The quantitative estimate of drug-likeness (QED) is 0.834. The fraction of sp³-hybridized carbons (Fsp3) is 0.500. The summed E-state index contributed by atoms with van der Waals surface area (Å²) >= 11 is 0. The number of piperidine rings is 1. The maximum Gasteiger partial charge on any atom is 0.254 e. The van der Waals surface area contributed by atoms with Crippen LogP contribution < -0.4 is 4.74 Å². The number of carbonyl (C=O) groups excluding carboxylic acids is 1. The smallest absolute Gasteiger partial charge is 0.254 e. The van der Waals surface area contributed by atoms with E-state index in [0.29, 0.717) is 12.1 Å². The van der Waals surface area contributed by atoms with E-state index in [0.717, 1.165) is 38.1 Å². The van der Waals surface area contributed by atoms with Gasteiger partial charge in [0.2, 0.25) is 0 Å². The van der Waals surface area contributed by atoms with Crippen LogP contribution in [0, 0.1) is 5.82 Å². The molecule has 0 N–H and O–H groups in total. The van der Waals surface area contributed by atoms with Gasteiger partial charge in [0.1, 0.15) is 6.33 Å². The summed E-state index contributed by atoms with van der Waals surface area (Å²) in [5.41, 5.74) is 0.326. The second-order valence-corrected chi connectivity index (χ2v) is 6.24. The molecule has 1 aliphatic rings. The van der Waals surface area contributed by atoms with Gasteiger partial charge in [0.25, 0.3) is 5.91 Å². The molecule has 1 unspecified atom stereocenters. The van der Waals surface area contributed by atoms with Crippen LogP contribution in [0.5, 0.6) is 5.75 Å². The van der Waals surface area contributed by atoms with E-state index in [9.17, 15) is 9.18 Å². The minimum absolute atomic E-state index is 0.125. The SMILES string of the molecule is CCCn1cnnc1C1CCCCN1C(=O)c1ccc(OC)c(F)c1. The lowest BCUT2D eigenvalue weighted by Gasteiger charge is -2.35. The molecule has 7 heteroatoms. The zero-order valence-electron chi connectivity index (χ0n) is 14.6. The van der Waals surface area contributed by atoms with Crippen LogP contribution in [0.2, 0.25) is 0 Å². The number of hydrogen-bond donors (Lipinski definition) is 0. The summed E-state index contributed by atoms with van der Waals surface area (Å²) in [6.07, 6.45) is 5.48. The average molecular weight is 346 g/mol. The predicted molar refractivity (Wildman–Crippen MR) is 90.9 cm³/mol. The van der Waals surface area contributed by atoms with E-state index < -0.39 is 5.82 Å².